The number of carboxylic acids is 2. The predicted molar refractivity (Wildman–Crippen MR) is 176 cm³/mol. The number of benzene rings is 2. The highest BCUT2D eigenvalue weighted by atomic mass is 16.4. The van der Waals surface area contributed by atoms with Crippen LogP contribution in [0, 0.1) is 5.92 Å². The van der Waals surface area contributed by atoms with E-state index >= 15 is 0 Å². The van der Waals surface area contributed by atoms with E-state index < -0.39 is 84.6 Å². The maximum Gasteiger partial charge on any atom is 0.326 e. The molecule has 0 aromatic heterocycles. The van der Waals surface area contributed by atoms with Gasteiger partial charge in [-0.3, -0.25) is 28.8 Å². The van der Waals surface area contributed by atoms with Gasteiger partial charge in [-0.05, 0) is 48.9 Å². The summed E-state index contributed by atoms with van der Waals surface area (Å²) in [5.74, 6) is -6.86. The molecule has 0 aliphatic carbocycles. The summed E-state index contributed by atoms with van der Waals surface area (Å²) in [5.41, 5.74) is 7.31. The number of hydrogen-bond donors (Lipinski definition) is 9. The van der Waals surface area contributed by atoms with Crippen molar-refractivity contribution in [1.82, 2.24) is 26.6 Å². The van der Waals surface area contributed by atoms with Crippen molar-refractivity contribution in [1.29, 1.82) is 0 Å². The third kappa shape index (κ3) is 14.4. The van der Waals surface area contributed by atoms with Crippen molar-refractivity contribution in [2.75, 3.05) is 6.54 Å². The van der Waals surface area contributed by atoms with Crippen molar-refractivity contribution in [2.45, 2.75) is 76.7 Å². The predicted octanol–water partition coefficient (Wildman–Crippen LogP) is -0.815. The molecule has 0 bridgehead atoms. The number of rotatable bonds is 19. The minimum Gasteiger partial charge on any atom is -0.508 e. The smallest absolute Gasteiger partial charge is 0.326 e. The number of nitrogens with two attached hydrogens (primary N) is 1. The molecule has 5 atom stereocenters. The highest BCUT2D eigenvalue weighted by Crippen LogP contribution is 2.11. The summed E-state index contributed by atoms with van der Waals surface area (Å²) in [5, 5.41) is 39.9. The lowest BCUT2D eigenvalue weighted by Gasteiger charge is -2.25. The molecule has 2 aromatic rings. The van der Waals surface area contributed by atoms with Gasteiger partial charge in [-0.25, -0.2) is 4.79 Å². The molecule has 0 fully saturated rings. The topological polar surface area (TPSA) is 266 Å². The second kappa shape index (κ2) is 19.3. The van der Waals surface area contributed by atoms with Gasteiger partial charge < -0.3 is 47.6 Å². The summed E-state index contributed by atoms with van der Waals surface area (Å²) < 4.78 is 0. The van der Waals surface area contributed by atoms with Crippen LogP contribution in [-0.4, -0.2) is 93.5 Å². The Balaban J connectivity index is 2.06. The first-order chi connectivity index (χ1) is 23.0. The maximum absolute atomic E-state index is 13.5. The lowest BCUT2D eigenvalue weighted by atomic mass is 10.0. The molecule has 16 heteroatoms. The molecule has 16 nitrogen and oxygen atoms in total. The third-order valence-corrected chi connectivity index (χ3v) is 7.17. The van der Waals surface area contributed by atoms with E-state index in [9.17, 15) is 43.8 Å². The molecule has 5 amide bonds. The van der Waals surface area contributed by atoms with Crippen LogP contribution in [0.15, 0.2) is 54.6 Å². The number of hydrogen-bond acceptors (Lipinski definition) is 9. The number of carbonyl (C=O) groups is 7. The largest absolute Gasteiger partial charge is 0.508 e. The summed E-state index contributed by atoms with van der Waals surface area (Å²) in [6.45, 7) is 4.35. The van der Waals surface area contributed by atoms with E-state index in [4.69, 9.17) is 10.8 Å². The van der Waals surface area contributed by atoms with Gasteiger partial charge in [-0.15, -0.1) is 0 Å². The molecule has 0 unspecified atom stereocenters. The summed E-state index contributed by atoms with van der Waals surface area (Å²) in [6, 6.07) is 8.47. The number of phenols is 1. The van der Waals surface area contributed by atoms with E-state index in [2.05, 4.69) is 26.6 Å². The Morgan fingerprint density at radius 2 is 1.24 bits per heavy atom. The molecule has 266 valence electrons. The van der Waals surface area contributed by atoms with Crippen LogP contribution in [0.25, 0.3) is 0 Å². The minimum atomic E-state index is -1.73. The van der Waals surface area contributed by atoms with Crippen LogP contribution < -0.4 is 32.3 Å². The average Bonchev–Trinajstić information content (AvgIpc) is 3.03. The number of phenolic OH excluding ortho intramolecular Hbond substituents is 1. The zero-order chi connectivity index (χ0) is 36.7. The van der Waals surface area contributed by atoms with Crippen LogP contribution in [-0.2, 0) is 46.4 Å². The summed E-state index contributed by atoms with van der Waals surface area (Å²) in [7, 11) is 0. The summed E-state index contributed by atoms with van der Waals surface area (Å²) in [6.07, 6.45) is -0.668. The van der Waals surface area contributed by atoms with Gasteiger partial charge in [0.2, 0.25) is 29.5 Å². The molecule has 0 saturated carbocycles. The number of aromatic hydroxyl groups is 1. The third-order valence-electron chi connectivity index (χ3n) is 7.17. The highest BCUT2D eigenvalue weighted by molar-refractivity contribution is 5.95. The highest BCUT2D eigenvalue weighted by Gasteiger charge is 2.31. The molecule has 49 heavy (non-hydrogen) atoms. The zero-order valence-electron chi connectivity index (χ0n) is 27.5. The standard InChI is InChI=1S/C33H44N6O10/c1-18(2)13-24(31(46)39-26(33(48)49)16-28(42)43)38-32(47)25(15-20-7-5-4-6-8-20)37-27(41)17-35-29(44)19(3)36-30(45)23(34)14-21-9-11-22(40)12-10-21/h4-12,18-19,23-26,40H,13-17,34H2,1-3H3,(H,35,44)(H,36,45)(H,37,41)(H,38,47)(H,39,46)(H,42,43)(H,48,49)/t19-,23-,24-,25-,26-/m0/s1. The molecule has 0 aliphatic heterocycles. The Bertz CT molecular complexity index is 1470. The molecule has 0 radical (unpaired) electrons. The Hall–Kier alpha value is -5.51. The Morgan fingerprint density at radius 3 is 1.82 bits per heavy atom. The number of amides is 5. The zero-order valence-corrected chi connectivity index (χ0v) is 27.5. The van der Waals surface area contributed by atoms with Gasteiger partial charge in [0, 0.05) is 6.42 Å². The fourth-order valence-electron chi connectivity index (χ4n) is 4.61. The van der Waals surface area contributed by atoms with Crippen LogP contribution in [0.3, 0.4) is 0 Å². The maximum atomic E-state index is 13.5. The molecule has 2 rings (SSSR count). The SMILES string of the molecule is CC(C)C[C@H](NC(=O)[C@H](Cc1ccccc1)NC(=O)CNC(=O)[C@H](C)NC(=O)[C@@H](N)Cc1ccc(O)cc1)C(=O)N[C@@H](CC(=O)O)C(=O)O. The monoisotopic (exact) mass is 684 g/mol. The van der Waals surface area contributed by atoms with Crippen molar-refractivity contribution in [2.24, 2.45) is 11.7 Å². The fourth-order valence-corrected chi connectivity index (χ4v) is 4.61. The van der Waals surface area contributed by atoms with Gasteiger partial charge in [0.25, 0.3) is 0 Å². The first-order valence-electron chi connectivity index (χ1n) is 15.6. The van der Waals surface area contributed by atoms with Gasteiger partial charge in [-0.2, -0.15) is 0 Å². The average molecular weight is 685 g/mol. The molecular weight excluding hydrogens is 640 g/mol. The molecule has 0 saturated heterocycles. The first kappa shape index (κ1) is 39.7. The van der Waals surface area contributed by atoms with Crippen LogP contribution in [0.4, 0.5) is 0 Å². The van der Waals surface area contributed by atoms with Crippen molar-refractivity contribution < 1.29 is 48.9 Å². The van der Waals surface area contributed by atoms with E-state index in [0.29, 0.717) is 11.1 Å². The second-order valence-electron chi connectivity index (χ2n) is 11.9. The summed E-state index contributed by atoms with van der Waals surface area (Å²) in [4.78, 5) is 87.2. The minimum absolute atomic E-state index is 0.00940. The first-order valence-corrected chi connectivity index (χ1v) is 15.6. The van der Waals surface area contributed by atoms with Crippen LogP contribution >= 0.6 is 0 Å². The van der Waals surface area contributed by atoms with E-state index in [1.807, 2.05) is 0 Å². The van der Waals surface area contributed by atoms with Crippen molar-refractivity contribution in [3.8, 4) is 5.75 Å². The van der Waals surface area contributed by atoms with Gasteiger partial charge in [0.1, 0.15) is 29.9 Å². The molecule has 0 heterocycles. The van der Waals surface area contributed by atoms with Crippen LogP contribution in [0.1, 0.15) is 44.7 Å². The molecular formula is C33H44N6O10. The number of aliphatic carboxylic acids is 2. The lowest BCUT2D eigenvalue weighted by Crippen LogP contribution is -2.57. The van der Waals surface area contributed by atoms with Gasteiger partial charge in [0.15, 0.2) is 0 Å². The van der Waals surface area contributed by atoms with E-state index in [1.165, 1.54) is 19.1 Å². The molecule has 10 N–H and O–H groups in total. The lowest BCUT2D eigenvalue weighted by molar-refractivity contribution is -0.147. The van der Waals surface area contributed by atoms with Crippen LogP contribution in [0.2, 0.25) is 0 Å². The van der Waals surface area contributed by atoms with Crippen molar-refractivity contribution in [3.05, 3.63) is 65.7 Å². The van der Waals surface area contributed by atoms with Gasteiger partial charge in [-0.1, -0.05) is 56.3 Å². The molecule has 0 aliphatic rings. The number of carboxylic acid groups (broad SMARTS) is 2. The Kier molecular flexibility index (Phi) is 15.7. The normalized spacial score (nSPS) is 13.9. The summed E-state index contributed by atoms with van der Waals surface area (Å²) >= 11 is 0. The van der Waals surface area contributed by atoms with Gasteiger partial charge in [0.05, 0.1) is 19.0 Å². The Labute approximate surface area is 283 Å². The number of nitrogens with one attached hydrogen (secondary N) is 5. The van der Waals surface area contributed by atoms with E-state index in [0.717, 1.165) is 0 Å². The second-order valence-corrected chi connectivity index (χ2v) is 11.9. The van der Waals surface area contributed by atoms with E-state index in [-0.39, 0.29) is 30.9 Å². The van der Waals surface area contributed by atoms with Crippen molar-refractivity contribution >= 4 is 41.5 Å². The van der Waals surface area contributed by atoms with Crippen molar-refractivity contribution in [3.63, 3.8) is 0 Å². The van der Waals surface area contributed by atoms with Crippen LogP contribution in [0.5, 0.6) is 5.75 Å². The fraction of sp³-hybridized carbons (Fsp3) is 0.424. The quantitative estimate of drug-likeness (QED) is 0.0883. The van der Waals surface area contributed by atoms with Gasteiger partial charge >= 0.3 is 11.9 Å². The van der Waals surface area contributed by atoms with E-state index in [1.54, 1.807) is 56.3 Å². The number of carbonyl (C=O) groups excluding carboxylic acids is 5. The molecule has 0 spiro atoms. The Morgan fingerprint density at radius 1 is 0.673 bits per heavy atom. The molecule has 2 aromatic carbocycles.